The van der Waals surface area contributed by atoms with E-state index in [2.05, 4.69) is 0 Å². The van der Waals surface area contributed by atoms with E-state index in [1.165, 1.54) is 29.2 Å². The number of halogens is 1. The van der Waals surface area contributed by atoms with E-state index in [1.807, 2.05) is 0 Å². The Morgan fingerprint density at radius 2 is 2.05 bits per heavy atom. The molecular weight excluding hydrogens is 296 g/mol. The molecule has 1 aromatic carbocycles. The summed E-state index contributed by atoms with van der Waals surface area (Å²) in [4.78, 5) is 34.8. The van der Waals surface area contributed by atoms with Gasteiger partial charge in [0.05, 0.1) is 6.54 Å². The zero-order valence-corrected chi connectivity index (χ0v) is 12.1. The molecule has 0 bridgehead atoms. The fraction of sp³-hybridized carbons (Fsp3) is 0.214. The number of likely N-dealkylation sites (N-methyl/N-ethyl adjacent to an activating group) is 1. The number of carbonyl (C=O) groups excluding carboxylic acids is 2. The molecule has 0 atom stereocenters. The number of carboxylic acids is 1. The lowest BCUT2D eigenvalue weighted by Gasteiger charge is -2.19. The van der Waals surface area contributed by atoms with Crippen LogP contribution in [-0.4, -0.2) is 40.9 Å². The van der Waals surface area contributed by atoms with Crippen molar-refractivity contribution in [1.82, 2.24) is 4.90 Å². The molecule has 112 valence electrons. The Bertz CT molecular complexity index is 599. The minimum absolute atomic E-state index is 0.173. The first kappa shape index (κ1) is 16.7. The summed E-state index contributed by atoms with van der Waals surface area (Å²) in [6.07, 6.45) is 2.29. The van der Waals surface area contributed by atoms with Crippen molar-refractivity contribution in [2.24, 2.45) is 5.73 Å². The molecule has 0 saturated carbocycles. The fourth-order valence-electron chi connectivity index (χ4n) is 1.65. The predicted octanol–water partition coefficient (Wildman–Crippen LogP) is 1.39. The van der Waals surface area contributed by atoms with Gasteiger partial charge in [-0.1, -0.05) is 17.7 Å². The van der Waals surface area contributed by atoms with Gasteiger partial charge >= 0.3 is 5.97 Å². The summed E-state index contributed by atoms with van der Waals surface area (Å²) in [5.41, 5.74) is 5.86. The molecule has 2 amide bonds. The van der Waals surface area contributed by atoms with Crippen molar-refractivity contribution in [3.63, 3.8) is 0 Å². The van der Waals surface area contributed by atoms with Gasteiger partial charge in [0.15, 0.2) is 0 Å². The number of carbonyl (C=O) groups is 3. The molecule has 21 heavy (non-hydrogen) atoms. The van der Waals surface area contributed by atoms with E-state index in [0.29, 0.717) is 17.7 Å². The van der Waals surface area contributed by atoms with Gasteiger partial charge < -0.3 is 15.7 Å². The molecule has 0 aromatic heterocycles. The van der Waals surface area contributed by atoms with E-state index in [-0.39, 0.29) is 17.5 Å². The highest BCUT2D eigenvalue weighted by Crippen LogP contribution is 2.20. The molecule has 6 nitrogen and oxygen atoms in total. The minimum Gasteiger partial charge on any atom is -0.478 e. The first-order chi connectivity index (χ1) is 9.85. The van der Waals surface area contributed by atoms with Gasteiger partial charge in [-0.3, -0.25) is 9.59 Å². The van der Waals surface area contributed by atoms with Crippen molar-refractivity contribution in [1.29, 1.82) is 0 Å². The number of aliphatic carboxylic acids is 1. The van der Waals surface area contributed by atoms with E-state index in [0.717, 1.165) is 6.08 Å². The average Bonchev–Trinajstić information content (AvgIpc) is 2.42. The molecule has 0 spiro atoms. The highest BCUT2D eigenvalue weighted by atomic mass is 35.5. The van der Waals surface area contributed by atoms with Crippen LogP contribution in [0.5, 0.6) is 0 Å². The topological polar surface area (TPSA) is 101 Å². The Morgan fingerprint density at radius 3 is 2.52 bits per heavy atom. The van der Waals surface area contributed by atoms with E-state index >= 15 is 0 Å². The van der Waals surface area contributed by atoms with Gasteiger partial charge in [0.1, 0.15) is 0 Å². The van der Waals surface area contributed by atoms with Crippen LogP contribution >= 0.6 is 11.6 Å². The Labute approximate surface area is 126 Å². The van der Waals surface area contributed by atoms with Crippen molar-refractivity contribution in [2.45, 2.75) is 6.92 Å². The second kappa shape index (κ2) is 7.44. The number of primary amides is 1. The smallest absolute Gasteiger partial charge is 0.328 e. The minimum atomic E-state index is -1.09. The third-order valence-corrected chi connectivity index (χ3v) is 3.00. The van der Waals surface area contributed by atoms with Crippen LogP contribution in [0.1, 0.15) is 22.8 Å². The molecule has 0 saturated heterocycles. The van der Waals surface area contributed by atoms with Crippen molar-refractivity contribution < 1.29 is 19.5 Å². The maximum atomic E-state index is 12.2. The Hall–Kier alpha value is -2.34. The number of rotatable bonds is 6. The van der Waals surface area contributed by atoms with Crippen molar-refractivity contribution >= 4 is 35.5 Å². The van der Waals surface area contributed by atoms with Crippen LogP contribution in [0.15, 0.2) is 24.3 Å². The van der Waals surface area contributed by atoms with Crippen LogP contribution in [0.2, 0.25) is 5.02 Å². The monoisotopic (exact) mass is 310 g/mol. The first-order valence-electron chi connectivity index (χ1n) is 6.13. The lowest BCUT2D eigenvalue weighted by molar-refractivity contribution is -0.131. The summed E-state index contributed by atoms with van der Waals surface area (Å²) >= 11 is 6.00. The average molecular weight is 311 g/mol. The molecular formula is C14H15ClN2O4. The molecule has 0 heterocycles. The summed E-state index contributed by atoms with van der Waals surface area (Å²) in [7, 11) is 0. The van der Waals surface area contributed by atoms with Gasteiger partial charge in [-0.25, -0.2) is 4.79 Å². The normalized spacial score (nSPS) is 10.6. The van der Waals surface area contributed by atoms with Gasteiger partial charge in [-0.15, -0.1) is 0 Å². The molecule has 0 unspecified atom stereocenters. The SMILES string of the molecule is CCN(CC(N)=O)C(=O)c1ccc(/C=C/C(=O)O)c(Cl)c1. The van der Waals surface area contributed by atoms with Crippen LogP contribution < -0.4 is 5.73 Å². The zero-order chi connectivity index (χ0) is 16.0. The number of hydrogen-bond acceptors (Lipinski definition) is 3. The maximum absolute atomic E-state index is 12.2. The standard InChI is InChI=1S/C14H15ClN2O4/c1-2-17(8-12(16)18)14(21)10-4-3-9(11(15)7-10)5-6-13(19)20/h3-7H,2,8H2,1H3,(H2,16,18)(H,19,20)/b6-5+. The highest BCUT2D eigenvalue weighted by molar-refractivity contribution is 6.32. The summed E-state index contributed by atoms with van der Waals surface area (Å²) in [6, 6.07) is 4.47. The summed E-state index contributed by atoms with van der Waals surface area (Å²) in [5.74, 6) is -2.06. The number of amides is 2. The third-order valence-electron chi connectivity index (χ3n) is 2.67. The number of hydrogen-bond donors (Lipinski definition) is 2. The zero-order valence-electron chi connectivity index (χ0n) is 11.4. The molecule has 0 aliphatic carbocycles. The summed E-state index contributed by atoms with van der Waals surface area (Å²) in [5, 5.41) is 8.81. The molecule has 7 heteroatoms. The highest BCUT2D eigenvalue weighted by Gasteiger charge is 2.16. The van der Waals surface area contributed by atoms with Gasteiger partial charge in [-0.2, -0.15) is 0 Å². The predicted molar refractivity (Wildman–Crippen MR) is 78.9 cm³/mol. The number of benzene rings is 1. The quantitative estimate of drug-likeness (QED) is 0.775. The van der Waals surface area contributed by atoms with Crippen molar-refractivity contribution in [2.75, 3.05) is 13.1 Å². The molecule has 0 aliphatic rings. The maximum Gasteiger partial charge on any atom is 0.328 e. The van der Waals surface area contributed by atoms with Gasteiger partial charge in [0.25, 0.3) is 5.91 Å². The van der Waals surface area contributed by atoms with Crippen LogP contribution in [0.3, 0.4) is 0 Å². The lowest BCUT2D eigenvalue weighted by atomic mass is 10.1. The molecule has 0 aliphatic heterocycles. The number of nitrogens with zero attached hydrogens (tertiary/aromatic N) is 1. The second-order valence-corrected chi connectivity index (χ2v) is 4.60. The molecule has 1 rings (SSSR count). The first-order valence-corrected chi connectivity index (χ1v) is 6.51. The van der Waals surface area contributed by atoms with Crippen LogP contribution in [0.4, 0.5) is 0 Å². The van der Waals surface area contributed by atoms with Gasteiger partial charge in [0.2, 0.25) is 5.91 Å². The molecule has 0 radical (unpaired) electrons. The van der Waals surface area contributed by atoms with E-state index in [1.54, 1.807) is 6.92 Å². The number of carboxylic acid groups (broad SMARTS) is 1. The van der Waals surface area contributed by atoms with E-state index in [4.69, 9.17) is 22.4 Å². The van der Waals surface area contributed by atoms with Crippen molar-refractivity contribution in [3.8, 4) is 0 Å². The Balaban J connectivity index is 2.99. The largest absolute Gasteiger partial charge is 0.478 e. The number of nitrogens with two attached hydrogens (primary N) is 1. The van der Waals surface area contributed by atoms with E-state index in [9.17, 15) is 14.4 Å². The molecule has 1 aromatic rings. The summed E-state index contributed by atoms with van der Waals surface area (Å²) < 4.78 is 0. The Morgan fingerprint density at radius 1 is 1.38 bits per heavy atom. The molecule has 3 N–H and O–H groups in total. The molecule has 0 fully saturated rings. The third kappa shape index (κ3) is 4.92. The summed E-state index contributed by atoms with van der Waals surface area (Å²) in [6.45, 7) is 1.89. The van der Waals surface area contributed by atoms with Gasteiger partial charge in [-0.05, 0) is 30.7 Å². The van der Waals surface area contributed by atoms with Crippen LogP contribution in [0, 0.1) is 0 Å². The fourth-order valence-corrected chi connectivity index (χ4v) is 1.90. The second-order valence-electron chi connectivity index (χ2n) is 4.19. The van der Waals surface area contributed by atoms with Crippen LogP contribution in [0.25, 0.3) is 6.08 Å². The Kier molecular flexibility index (Phi) is 5.92. The lowest BCUT2D eigenvalue weighted by Crippen LogP contribution is -2.38. The van der Waals surface area contributed by atoms with Crippen LogP contribution in [-0.2, 0) is 9.59 Å². The van der Waals surface area contributed by atoms with Crippen molar-refractivity contribution in [3.05, 3.63) is 40.4 Å². The van der Waals surface area contributed by atoms with Gasteiger partial charge in [0, 0.05) is 23.2 Å². The van der Waals surface area contributed by atoms with E-state index < -0.39 is 11.9 Å².